The molecule has 0 saturated heterocycles. The number of hydrogen-bond acceptors (Lipinski definition) is 7. The van der Waals surface area contributed by atoms with Crippen LogP contribution >= 0.6 is 0 Å². The second-order valence-corrected chi connectivity index (χ2v) is 8.91. The van der Waals surface area contributed by atoms with Gasteiger partial charge < -0.3 is 14.8 Å². The molecule has 0 saturated carbocycles. The van der Waals surface area contributed by atoms with Crippen molar-refractivity contribution in [3.05, 3.63) is 75.6 Å². The van der Waals surface area contributed by atoms with E-state index >= 15 is 0 Å². The molecule has 1 aromatic heterocycles. The van der Waals surface area contributed by atoms with E-state index in [9.17, 15) is 13.2 Å². The monoisotopic (exact) mass is 428 g/mol. The van der Waals surface area contributed by atoms with E-state index in [1.165, 1.54) is 14.2 Å². The molecule has 1 aromatic carbocycles. The van der Waals surface area contributed by atoms with Gasteiger partial charge in [0.2, 0.25) is 15.7 Å². The number of nitrogens with one attached hydrogen (secondary N) is 1. The molecule has 0 unspecified atom stereocenters. The van der Waals surface area contributed by atoms with Crippen molar-refractivity contribution in [1.29, 1.82) is 0 Å². The first-order valence-corrected chi connectivity index (χ1v) is 10.8. The van der Waals surface area contributed by atoms with Crippen molar-refractivity contribution in [3.63, 3.8) is 0 Å². The molecule has 3 rings (SSSR count). The molecule has 0 fully saturated rings. The summed E-state index contributed by atoms with van der Waals surface area (Å²) in [6.45, 7) is 5.27. The molecule has 2 heterocycles. The fraction of sp³-hybridized carbons (Fsp3) is 0.273. The van der Waals surface area contributed by atoms with E-state index in [1.807, 2.05) is 6.92 Å². The lowest BCUT2D eigenvalue weighted by Crippen LogP contribution is -2.32. The standard InChI is InChI=1S/C22H24N2O5S/c1-13-8-10-16(11-9-13)30(26,27)20-15(3)24-14(2)18(22(25)29-5)19(20)17-7-6-12-23-21(17)28-4/h6-12,19,24H,1-5H3/t19-/m1/s1. The second kappa shape index (κ2) is 8.31. The number of aryl methyl sites for hydroxylation is 1. The number of aromatic nitrogens is 1. The zero-order chi connectivity index (χ0) is 22.1. The number of pyridine rings is 1. The smallest absolute Gasteiger partial charge is 0.336 e. The van der Waals surface area contributed by atoms with Crippen molar-refractivity contribution in [2.45, 2.75) is 31.6 Å². The summed E-state index contributed by atoms with van der Waals surface area (Å²) in [5.41, 5.74) is 2.54. The Kier molecular flexibility index (Phi) is 5.98. The van der Waals surface area contributed by atoms with E-state index in [2.05, 4.69) is 10.3 Å². The number of hydrogen-bond donors (Lipinski definition) is 1. The highest BCUT2D eigenvalue weighted by molar-refractivity contribution is 7.95. The Labute approximate surface area is 176 Å². The maximum atomic E-state index is 13.7. The summed E-state index contributed by atoms with van der Waals surface area (Å²) in [7, 11) is -1.24. The summed E-state index contributed by atoms with van der Waals surface area (Å²) in [6, 6.07) is 9.98. The van der Waals surface area contributed by atoms with Gasteiger partial charge in [0, 0.05) is 23.2 Å². The number of esters is 1. The Morgan fingerprint density at radius 2 is 1.70 bits per heavy atom. The van der Waals surface area contributed by atoms with Gasteiger partial charge in [-0.25, -0.2) is 18.2 Å². The zero-order valence-corrected chi connectivity index (χ0v) is 18.3. The lowest BCUT2D eigenvalue weighted by atomic mass is 9.87. The normalized spacial score (nSPS) is 16.9. The van der Waals surface area contributed by atoms with Gasteiger partial charge in [0.15, 0.2) is 0 Å². The van der Waals surface area contributed by atoms with Crippen LogP contribution < -0.4 is 10.1 Å². The van der Waals surface area contributed by atoms with Crippen LogP contribution in [0.3, 0.4) is 0 Å². The molecular weight excluding hydrogens is 404 g/mol. The van der Waals surface area contributed by atoms with Crippen LogP contribution in [0.25, 0.3) is 0 Å². The maximum absolute atomic E-state index is 13.7. The van der Waals surface area contributed by atoms with Crippen molar-refractivity contribution in [2.24, 2.45) is 0 Å². The van der Waals surface area contributed by atoms with Gasteiger partial charge in [0.05, 0.1) is 35.5 Å². The molecule has 0 aliphatic carbocycles. The summed E-state index contributed by atoms with van der Waals surface area (Å²) in [5.74, 6) is -1.32. The van der Waals surface area contributed by atoms with Gasteiger partial charge in [-0.1, -0.05) is 23.8 Å². The van der Waals surface area contributed by atoms with Crippen LogP contribution in [-0.2, 0) is 19.4 Å². The van der Waals surface area contributed by atoms with Crippen LogP contribution in [0, 0.1) is 6.92 Å². The van der Waals surface area contributed by atoms with Crippen molar-refractivity contribution in [2.75, 3.05) is 14.2 Å². The maximum Gasteiger partial charge on any atom is 0.336 e. The molecule has 158 valence electrons. The first-order chi connectivity index (χ1) is 14.2. The Balaban J connectivity index is 2.32. The number of ether oxygens (including phenoxy) is 2. The summed E-state index contributed by atoms with van der Waals surface area (Å²) in [5, 5.41) is 3.04. The highest BCUT2D eigenvalue weighted by atomic mass is 32.2. The average molecular weight is 429 g/mol. The van der Waals surface area contributed by atoms with E-state index in [-0.39, 0.29) is 21.3 Å². The van der Waals surface area contributed by atoms with Gasteiger partial charge in [-0.3, -0.25) is 0 Å². The third kappa shape index (κ3) is 3.70. The molecule has 0 radical (unpaired) electrons. The van der Waals surface area contributed by atoms with Gasteiger partial charge in [0.25, 0.3) is 0 Å². The summed E-state index contributed by atoms with van der Waals surface area (Å²) >= 11 is 0. The Hall–Kier alpha value is -3.13. The minimum atomic E-state index is -3.96. The van der Waals surface area contributed by atoms with E-state index in [0.717, 1.165) is 5.56 Å². The summed E-state index contributed by atoms with van der Waals surface area (Å²) in [6.07, 6.45) is 1.54. The number of nitrogens with zero attached hydrogens (tertiary/aromatic N) is 1. The number of carbonyl (C=O) groups is 1. The van der Waals surface area contributed by atoms with Crippen molar-refractivity contribution in [1.82, 2.24) is 10.3 Å². The molecule has 8 heteroatoms. The van der Waals surface area contributed by atoms with Crippen LogP contribution in [0.15, 0.2) is 69.4 Å². The third-order valence-corrected chi connectivity index (χ3v) is 7.04. The van der Waals surface area contributed by atoms with E-state index in [0.29, 0.717) is 17.0 Å². The third-order valence-electron chi connectivity index (χ3n) is 5.03. The number of carbonyl (C=O) groups excluding carboxylic acids is 1. The van der Waals surface area contributed by atoms with Crippen molar-refractivity contribution in [3.8, 4) is 5.88 Å². The van der Waals surface area contributed by atoms with Crippen molar-refractivity contribution >= 4 is 15.8 Å². The fourth-order valence-corrected chi connectivity index (χ4v) is 5.40. The average Bonchev–Trinajstić information content (AvgIpc) is 2.72. The van der Waals surface area contributed by atoms with E-state index in [1.54, 1.807) is 56.4 Å². The number of allylic oxidation sites excluding steroid dienone is 3. The predicted molar refractivity (Wildman–Crippen MR) is 112 cm³/mol. The van der Waals surface area contributed by atoms with Gasteiger partial charge in [-0.2, -0.15) is 0 Å². The minimum Gasteiger partial charge on any atom is -0.481 e. The molecule has 1 aliphatic rings. The highest BCUT2D eigenvalue weighted by Crippen LogP contribution is 2.45. The van der Waals surface area contributed by atoms with Gasteiger partial charge in [-0.05, 0) is 39.0 Å². The molecule has 2 aromatic rings. The molecule has 0 bridgehead atoms. The van der Waals surface area contributed by atoms with Crippen LogP contribution in [0.2, 0.25) is 0 Å². The Morgan fingerprint density at radius 1 is 1.03 bits per heavy atom. The lowest BCUT2D eigenvalue weighted by molar-refractivity contribution is -0.136. The molecule has 0 amide bonds. The fourth-order valence-electron chi connectivity index (χ4n) is 3.65. The number of methoxy groups -OCH3 is 2. The first-order valence-electron chi connectivity index (χ1n) is 9.29. The van der Waals surface area contributed by atoms with Gasteiger partial charge >= 0.3 is 5.97 Å². The number of dihydropyridines is 1. The first kappa shape index (κ1) is 21.6. The minimum absolute atomic E-state index is 0.0589. The van der Waals surface area contributed by atoms with Crippen LogP contribution in [0.4, 0.5) is 0 Å². The Bertz CT molecular complexity index is 1150. The summed E-state index contributed by atoms with van der Waals surface area (Å²) < 4.78 is 37.8. The topological polar surface area (TPSA) is 94.6 Å². The van der Waals surface area contributed by atoms with Crippen molar-refractivity contribution < 1.29 is 22.7 Å². The van der Waals surface area contributed by atoms with Crippen LogP contribution in [-0.4, -0.2) is 33.6 Å². The SMILES string of the molecule is COC(=O)C1=C(C)NC(C)=C(S(=O)(=O)c2ccc(C)cc2)[C@@H]1c1cccnc1OC. The zero-order valence-electron chi connectivity index (χ0n) is 17.5. The van der Waals surface area contributed by atoms with E-state index in [4.69, 9.17) is 9.47 Å². The quantitative estimate of drug-likeness (QED) is 0.731. The number of rotatable bonds is 5. The molecule has 1 aliphatic heterocycles. The van der Waals surface area contributed by atoms with Crippen LogP contribution in [0.5, 0.6) is 5.88 Å². The van der Waals surface area contributed by atoms with Gasteiger partial charge in [0.1, 0.15) is 0 Å². The molecule has 30 heavy (non-hydrogen) atoms. The van der Waals surface area contributed by atoms with E-state index < -0.39 is 21.7 Å². The molecular formula is C22H24N2O5S. The molecule has 7 nitrogen and oxygen atoms in total. The number of benzene rings is 1. The van der Waals surface area contributed by atoms with Crippen LogP contribution in [0.1, 0.15) is 30.9 Å². The number of sulfone groups is 1. The Morgan fingerprint density at radius 3 is 2.30 bits per heavy atom. The second-order valence-electron chi connectivity index (χ2n) is 7.00. The predicted octanol–water partition coefficient (Wildman–Crippen LogP) is 3.24. The molecule has 1 N–H and O–H groups in total. The van der Waals surface area contributed by atoms with Gasteiger partial charge in [-0.15, -0.1) is 0 Å². The molecule has 0 spiro atoms. The molecule has 1 atom stereocenters. The largest absolute Gasteiger partial charge is 0.481 e. The lowest BCUT2D eigenvalue weighted by Gasteiger charge is -2.31. The highest BCUT2D eigenvalue weighted by Gasteiger charge is 2.41. The summed E-state index contributed by atoms with van der Waals surface area (Å²) in [4.78, 5) is 17.1.